The molecule has 0 N–H and O–H groups in total. The summed E-state index contributed by atoms with van der Waals surface area (Å²) in [7, 11) is 4.29. The van der Waals surface area contributed by atoms with Gasteiger partial charge in [-0.2, -0.15) is 0 Å². The van der Waals surface area contributed by atoms with E-state index in [0.29, 0.717) is 0 Å². The summed E-state index contributed by atoms with van der Waals surface area (Å²) in [6.07, 6.45) is 3.18. The molecule has 21 heavy (non-hydrogen) atoms. The molecule has 0 aromatic carbocycles. The fraction of sp³-hybridized carbons (Fsp3) is 0.562. The first kappa shape index (κ1) is 14.8. The highest BCUT2D eigenvalue weighted by Gasteiger charge is 2.17. The number of thiophene rings is 1. The Bertz CT molecular complexity index is 580. The minimum Gasteiger partial charge on any atom is -0.369 e. The van der Waals surface area contributed by atoms with Crippen molar-refractivity contribution in [1.82, 2.24) is 14.8 Å². The number of aromatic nitrogens is 1. The van der Waals surface area contributed by atoms with Crippen LogP contribution in [0.15, 0.2) is 23.7 Å². The molecule has 1 aliphatic heterocycles. The van der Waals surface area contributed by atoms with Crippen molar-refractivity contribution in [3.8, 4) is 0 Å². The number of hydrogen-bond acceptors (Lipinski definition) is 5. The molecule has 1 saturated heterocycles. The SMILES string of the molecule is CN(C)CCN1CCCN(c2ccnc3ccsc23)CC1. The van der Waals surface area contributed by atoms with E-state index < -0.39 is 0 Å². The van der Waals surface area contributed by atoms with Crippen LogP contribution in [-0.4, -0.2) is 68.1 Å². The molecule has 5 heteroatoms. The number of likely N-dealkylation sites (N-methyl/N-ethyl adjacent to an activating group) is 1. The van der Waals surface area contributed by atoms with Gasteiger partial charge in [0.15, 0.2) is 0 Å². The van der Waals surface area contributed by atoms with Crippen LogP contribution in [0.1, 0.15) is 6.42 Å². The molecule has 2 aromatic heterocycles. The third-order valence-electron chi connectivity index (χ3n) is 4.12. The van der Waals surface area contributed by atoms with Gasteiger partial charge < -0.3 is 14.7 Å². The van der Waals surface area contributed by atoms with E-state index in [1.165, 1.54) is 29.9 Å². The molecule has 0 atom stereocenters. The zero-order valence-electron chi connectivity index (χ0n) is 13.0. The maximum absolute atomic E-state index is 4.45. The van der Waals surface area contributed by atoms with E-state index in [2.05, 4.69) is 51.3 Å². The van der Waals surface area contributed by atoms with E-state index in [1.807, 2.05) is 6.20 Å². The molecule has 0 saturated carbocycles. The Morgan fingerprint density at radius 2 is 2.10 bits per heavy atom. The summed E-state index contributed by atoms with van der Waals surface area (Å²) in [6.45, 7) is 6.95. The molecular weight excluding hydrogens is 280 g/mol. The largest absolute Gasteiger partial charge is 0.369 e. The molecule has 114 valence electrons. The minimum absolute atomic E-state index is 1.12. The number of fused-ring (bicyclic) bond motifs is 1. The molecule has 3 heterocycles. The lowest BCUT2D eigenvalue weighted by atomic mass is 10.3. The molecule has 1 fully saturated rings. The molecule has 0 spiro atoms. The first-order valence-corrected chi connectivity index (χ1v) is 8.56. The number of anilines is 1. The predicted molar refractivity (Wildman–Crippen MR) is 91.4 cm³/mol. The predicted octanol–water partition coefficient (Wildman–Crippen LogP) is 2.37. The molecule has 1 aliphatic rings. The molecular formula is C16H24N4S. The Balaban J connectivity index is 1.69. The van der Waals surface area contributed by atoms with Crippen molar-refractivity contribution in [2.45, 2.75) is 6.42 Å². The van der Waals surface area contributed by atoms with Gasteiger partial charge in [0, 0.05) is 38.9 Å². The summed E-state index contributed by atoms with van der Waals surface area (Å²) in [5.74, 6) is 0. The van der Waals surface area contributed by atoms with Crippen molar-refractivity contribution < 1.29 is 0 Å². The molecule has 0 radical (unpaired) electrons. The number of rotatable bonds is 4. The Kier molecular flexibility index (Phi) is 4.73. The molecule has 4 nitrogen and oxygen atoms in total. The summed E-state index contributed by atoms with van der Waals surface area (Å²) < 4.78 is 1.33. The summed E-state index contributed by atoms with van der Waals surface area (Å²) in [5.41, 5.74) is 2.50. The summed E-state index contributed by atoms with van der Waals surface area (Å²) in [4.78, 5) is 11.8. The van der Waals surface area contributed by atoms with Gasteiger partial charge in [-0.25, -0.2) is 0 Å². The van der Waals surface area contributed by atoms with Crippen LogP contribution in [0.4, 0.5) is 5.69 Å². The lowest BCUT2D eigenvalue weighted by Crippen LogP contribution is -2.35. The Hall–Kier alpha value is -1.17. The third-order valence-corrected chi connectivity index (χ3v) is 5.04. The fourth-order valence-corrected chi connectivity index (χ4v) is 3.78. The summed E-state index contributed by atoms with van der Waals surface area (Å²) in [5, 5.41) is 2.14. The monoisotopic (exact) mass is 304 g/mol. The van der Waals surface area contributed by atoms with Gasteiger partial charge in [0.2, 0.25) is 0 Å². The average molecular weight is 304 g/mol. The first-order valence-electron chi connectivity index (χ1n) is 7.68. The van der Waals surface area contributed by atoms with Crippen molar-refractivity contribution in [2.75, 3.05) is 58.3 Å². The van der Waals surface area contributed by atoms with Crippen LogP contribution in [0.25, 0.3) is 10.2 Å². The van der Waals surface area contributed by atoms with E-state index in [1.54, 1.807) is 11.3 Å². The second kappa shape index (κ2) is 6.73. The average Bonchev–Trinajstić information content (AvgIpc) is 2.83. The van der Waals surface area contributed by atoms with Crippen LogP contribution in [0.5, 0.6) is 0 Å². The van der Waals surface area contributed by atoms with Crippen molar-refractivity contribution in [3.63, 3.8) is 0 Å². The molecule has 0 bridgehead atoms. The summed E-state index contributed by atoms with van der Waals surface area (Å²) >= 11 is 1.80. The molecule has 0 unspecified atom stereocenters. The smallest absolute Gasteiger partial charge is 0.0830 e. The normalized spacial score (nSPS) is 17.6. The maximum Gasteiger partial charge on any atom is 0.0830 e. The number of nitrogens with zero attached hydrogens (tertiary/aromatic N) is 4. The highest BCUT2D eigenvalue weighted by atomic mass is 32.1. The van der Waals surface area contributed by atoms with E-state index in [-0.39, 0.29) is 0 Å². The zero-order chi connectivity index (χ0) is 14.7. The van der Waals surface area contributed by atoms with Crippen LogP contribution < -0.4 is 4.90 Å². The van der Waals surface area contributed by atoms with E-state index >= 15 is 0 Å². The van der Waals surface area contributed by atoms with Crippen LogP contribution in [-0.2, 0) is 0 Å². The van der Waals surface area contributed by atoms with Gasteiger partial charge in [-0.05, 0) is 44.6 Å². The van der Waals surface area contributed by atoms with Gasteiger partial charge in [0.05, 0.1) is 15.9 Å². The van der Waals surface area contributed by atoms with Crippen molar-refractivity contribution in [3.05, 3.63) is 23.7 Å². The number of hydrogen-bond donors (Lipinski definition) is 0. The van der Waals surface area contributed by atoms with E-state index in [0.717, 1.165) is 31.7 Å². The zero-order valence-corrected chi connectivity index (χ0v) is 13.8. The Morgan fingerprint density at radius 1 is 1.19 bits per heavy atom. The standard InChI is InChI=1S/C16H24N4S/c1-18(2)9-10-19-7-3-8-20(12-11-19)15-4-6-17-14-5-13-21-16(14)15/h4-6,13H,3,7-12H2,1-2H3. The molecule has 3 rings (SSSR count). The molecule has 0 aliphatic carbocycles. The third kappa shape index (κ3) is 3.54. The first-order chi connectivity index (χ1) is 10.2. The maximum atomic E-state index is 4.45. The highest BCUT2D eigenvalue weighted by molar-refractivity contribution is 7.17. The van der Waals surface area contributed by atoms with Gasteiger partial charge >= 0.3 is 0 Å². The minimum atomic E-state index is 1.12. The lowest BCUT2D eigenvalue weighted by Gasteiger charge is -2.24. The van der Waals surface area contributed by atoms with E-state index in [9.17, 15) is 0 Å². The summed E-state index contributed by atoms with van der Waals surface area (Å²) in [6, 6.07) is 4.29. The van der Waals surface area contributed by atoms with Crippen LogP contribution in [0.2, 0.25) is 0 Å². The van der Waals surface area contributed by atoms with Gasteiger partial charge in [-0.15, -0.1) is 11.3 Å². The van der Waals surface area contributed by atoms with Crippen LogP contribution in [0, 0.1) is 0 Å². The lowest BCUT2D eigenvalue weighted by molar-refractivity contribution is 0.254. The van der Waals surface area contributed by atoms with Crippen LogP contribution >= 0.6 is 11.3 Å². The van der Waals surface area contributed by atoms with E-state index in [4.69, 9.17) is 0 Å². The van der Waals surface area contributed by atoms with Gasteiger partial charge in [0.25, 0.3) is 0 Å². The van der Waals surface area contributed by atoms with Crippen molar-refractivity contribution >= 4 is 27.2 Å². The Morgan fingerprint density at radius 3 is 2.95 bits per heavy atom. The topological polar surface area (TPSA) is 22.6 Å². The van der Waals surface area contributed by atoms with Crippen LogP contribution in [0.3, 0.4) is 0 Å². The quantitative estimate of drug-likeness (QED) is 0.865. The van der Waals surface area contributed by atoms with Gasteiger partial charge in [-0.1, -0.05) is 0 Å². The van der Waals surface area contributed by atoms with Crippen molar-refractivity contribution in [1.29, 1.82) is 0 Å². The second-order valence-electron chi connectivity index (χ2n) is 5.95. The molecule has 0 amide bonds. The van der Waals surface area contributed by atoms with Gasteiger partial charge in [-0.3, -0.25) is 4.98 Å². The fourth-order valence-electron chi connectivity index (χ4n) is 2.89. The molecule has 2 aromatic rings. The Labute approximate surface area is 131 Å². The van der Waals surface area contributed by atoms with Crippen molar-refractivity contribution in [2.24, 2.45) is 0 Å². The van der Waals surface area contributed by atoms with Gasteiger partial charge in [0.1, 0.15) is 0 Å². The number of pyridine rings is 1. The highest BCUT2D eigenvalue weighted by Crippen LogP contribution is 2.30. The second-order valence-corrected chi connectivity index (χ2v) is 6.87.